The average molecular weight is 396 g/mol. The second kappa shape index (κ2) is 8.25. The molecule has 0 saturated carbocycles. The molecule has 1 aromatic heterocycles. The van der Waals surface area contributed by atoms with Gasteiger partial charge in [-0.3, -0.25) is 0 Å². The van der Waals surface area contributed by atoms with Gasteiger partial charge < -0.3 is 9.73 Å². The fourth-order valence-electron chi connectivity index (χ4n) is 2.67. The molecule has 1 heterocycles. The third kappa shape index (κ3) is 4.06. The van der Waals surface area contributed by atoms with E-state index in [9.17, 15) is 8.42 Å². The number of sulfonamides is 1. The van der Waals surface area contributed by atoms with Crippen LogP contribution in [0.25, 0.3) is 11.5 Å². The van der Waals surface area contributed by atoms with Crippen molar-refractivity contribution in [2.75, 3.05) is 18.9 Å². The van der Waals surface area contributed by atoms with Crippen LogP contribution in [0.3, 0.4) is 0 Å². The number of anilines is 1. The molecule has 0 fully saturated rings. The van der Waals surface area contributed by atoms with Crippen molar-refractivity contribution < 1.29 is 12.8 Å². The third-order valence-corrected chi connectivity index (χ3v) is 5.95. The number of nitrogens with one attached hydrogen (secondary N) is 1. The summed E-state index contributed by atoms with van der Waals surface area (Å²) in [5.74, 6) is 0.563. The molecule has 3 rings (SSSR count). The zero-order chi connectivity index (χ0) is 20.1. The molecule has 0 amide bonds. The molecule has 0 saturated heterocycles. The Kier molecular flexibility index (Phi) is 5.78. The lowest BCUT2D eigenvalue weighted by Gasteiger charge is -2.17. The van der Waals surface area contributed by atoms with Crippen molar-refractivity contribution in [1.82, 2.24) is 9.29 Å². The van der Waals surface area contributed by atoms with E-state index in [4.69, 9.17) is 9.68 Å². The topological polar surface area (TPSA) is 99.2 Å². The first-order chi connectivity index (χ1) is 13.5. The summed E-state index contributed by atoms with van der Waals surface area (Å²) in [5, 5.41) is 12.1. The van der Waals surface area contributed by atoms with Gasteiger partial charge in [0.25, 0.3) is 0 Å². The minimum atomic E-state index is -3.63. The van der Waals surface area contributed by atoms with Gasteiger partial charge in [0, 0.05) is 25.7 Å². The molecule has 0 unspecified atom stereocenters. The summed E-state index contributed by atoms with van der Waals surface area (Å²) in [4.78, 5) is 4.32. The Balaban J connectivity index is 1.83. The van der Waals surface area contributed by atoms with Crippen molar-refractivity contribution in [3.63, 3.8) is 0 Å². The molecule has 2 aromatic carbocycles. The first-order valence-corrected chi connectivity index (χ1v) is 10.1. The van der Waals surface area contributed by atoms with Crippen LogP contribution >= 0.6 is 0 Å². The molecule has 8 heteroatoms. The maximum Gasteiger partial charge on any atom is 0.243 e. The summed E-state index contributed by atoms with van der Waals surface area (Å²) in [5.41, 5.74) is 1.66. The summed E-state index contributed by atoms with van der Waals surface area (Å²) in [7, 11) is -2.09. The summed E-state index contributed by atoms with van der Waals surface area (Å²) in [6, 6.07) is 17.6. The number of benzene rings is 2. The lowest BCUT2D eigenvalue weighted by atomic mass is 10.2. The molecule has 3 aromatic rings. The SMILES string of the molecule is CCNc1oc(-c2ccc(S(=O)(=O)N(C)Cc3ccccc3)cc2)nc1C#N. The Labute approximate surface area is 164 Å². The van der Waals surface area contributed by atoms with E-state index in [0.717, 1.165) is 5.56 Å². The van der Waals surface area contributed by atoms with Gasteiger partial charge in [0.1, 0.15) is 6.07 Å². The highest BCUT2D eigenvalue weighted by Gasteiger charge is 2.21. The van der Waals surface area contributed by atoms with Gasteiger partial charge in [-0.05, 0) is 36.8 Å². The lowest BCUT2D eigenvalue weighted by Crippen LogP contribution is -2.26. The van der Waals surface area contributed by atoms with Crippen molar-refractivity contribution in [1.29, 1.82) is 5.26 Å². The average Bonchev–Trinajstić information content (AvgIpc) is 3.12. The highest BCUT2D eigenvalue weighted by atomic mass is 32.2. The molecule has 0 radical (unpaired) electrons. The van der Waals surface area contributed by atoms with E-state index in [-0.39, 0.29) is 23.0 Å². The fraction of sp³-hybridized carbons (Fsp3) is 0.200. The van der Waals surface area contributed by atoms with Crippen LogP contribution in [0.15, 0.2) is 63.9 Å². The number of nitrogens with zero attached hydrogens (tertiary/aromatic N) is 3. The van der Waals surface area contributed by atoms with Crippen LogP contribution in [0.4, 0.5) is 5.88 Å². The zero-order valence-electron chi connectivity index (χ0n) is 15.6. The van der Waals surface area contributed by atoms with Gasteiger partial charge >= 0.3 is 0 Å². The van der Waals surface area contributed by atoms with E-state index >= 15 is 0 Å². The Morgan fingerprint density at radius 1 is 1.14 bits per heavy atom. The smallest absolute Gasteiger partial charge is 0.243 e. The first-order valence-electron chi connectivity index (χ1n) is 8.71. The summed E-state index contributed by atoms with van der Waals surface area (Å²) >= 11 is 0. The number of aromatic nitrogens is 1. The predicted octanol–water partition coefficient (Wildman–Crippen LogP) is 3.47. The molecule has 144 valence electrons. The van der Waals surface area contributed by atoms with Gasteiger partial charge in [-0.25, -0.2) is 8.42 Å². The van der Waals surface area contributed by atoms with Gasteiger partial charge in [0.15, 0.2) is 0 Å². The molecule has 0 aliphatic heterocycles. The lowest BCUT2D eigenvalue weighted by molar-refractivity contribution is 0.466. The van der Waals surface area contributed by atoms with Crippen LogP contribution in [0, 0.1) is 11.3 Å². The van der Waals surface area contributed by atoms with Crippen LogP contribution in [-0.2, 0) is 16.6 Å². The Morgan fingerprint density at radius 2 is 1.82 bits per heavy atom. The largest absolute Gasteiger partial charge is 0.419 e. The van der Waals surface area contributed by atoms with Crippen molar-refractivity contribution in [3.8, 4) is 17.5 Å². The van der Waals surface area contributed by atoms with Gasteiger partial charge in [0.2, 0.25) is 27.5 Å². The maximum absolute atomic E-state index is 12.8. The third-order valence-electron chi connectivity index (χ3n) is 4.13. The molecule has 0 spiro atoms. The standard InChI is InChI=1S/C20H20N4O3S/c1-3-22-20-18(13-21)23-19(27-20)16-9-11-17(12-10-16)28(25,26)24(2)14-15-7-5-4-6-8-15/h4-12,22H,3,14H2,1-2H3. The minimum Gasteiger partial charge on any atom is -0.419 e. The van der Waals surface area contributed by atoms with Crippen molar-refractivity contribution in [3.05, 3.63) is 65.9 Å². The maximum atomic E-state index is 12.8. The van der Waals surface area contributed by atoms with Crippen LogP contribution < -0.4 is 5.32 Å². The van der Waals surface area contributed by atoms with Gasteiger partial charge in [0.05, 0.1) is 4.90 Å². The zero-order valence-corrected chi connectivity index (χ0v) is 16.4. The molecule has 0 aliphatic carbocycles. The van der Waals surface area contributed by atoms with Crippen LogP contribution in [-0.4, -0.2) is 31.3 Å². The molecular formula is C20H20N4O3S. The molecule has 28 heavy (non-hydrogen) atoms. The second-order valence-electron chi connectivity index (χ2n) is 6.11. The minimum absolute atomic E-state index is 0.163. The quantitative estimate of drug-likeness (QED) is 0.656. The molecule has 1 N–H and O–H groups in total. The molecular weight excluding hydrogens is 376 g/mol. The Bertz CT molecular complexity index is 1080. The Morgan fingerprint density at radius 3 is 2.43 bits per heavy atom. The summed E-state index contributed by atoms with van der Waals surface area (Å²) in [6.45, 7) is 2.76. The summed E-state index contributed by atoms with van der Waals surface area (Å²) in [6.07, 6.45) is 0. The summed E-state index contributed by atoms with van der Waals surface area (Å²) < 4.78 is 32.5. The van der Waals surface area contributed by atoms with Gasteiger partial charge in [-0.15, -0.1) is 0 Å². The van der Waals surface area contributed by atoms with E-state index in [1.807, 2.05) is 43.3 Å². The molecule has 0 bridgehead atoms. The van der Waals surface area contributed by atoms with E-state index < -0.39 is 10.0 Å². The van der Waals surface area contributed by atoms with Crippen LogP contribution in [0.1, 0.15) is 18.2 Å². The van der Waals surface area contributed by atoms with Crippen molar-refractivity contribution >= 4 is 15.9 Å². The normalized spacial score (nSPS) is 11.4. The monoisotopic (exact) mass is 396 g/mol. The second-order valence-corrected chi connectivity index (χ2v) is 8.15. The van der Waals surface area contributed by atoms with Crippen LogP contribution in [0.5, 0.6) is 0 Å². The highest BCUT2D eigenvalue weighted by molar-refractivity contribution is 7.89. The van der Waals surface area contributed by atoms with E-state index in [1.54, 1.807) is 19.2 Å². The number of oxazole rings is 1. The van der Waals surface area contributed by atoms with E-state index in [2.05, 4.69) is 10.3 Å². The van der Waals surface area contributed by atoms with E-state index in [1.165, 1.54) is 16.4 Å². The van der Waals surface area contributed by atoms with Crippen molar-refractivity contribution in [2.45, 2.75) is 18.4 Å². The van der Waals surface area contributed by atoms with Gasteiger partial charge in [-0.2, -0.15) is 14.6 Å². The number of nitriles is 1. The molecule has 0 atom stereocenters. The first kappa shape index (κ1) is 19.6. The van der Waals surface area contributed by atoms with Gasteiger partial charge in [-0.1, -0.05) is 30.3 Å². The number of hydrogen-bond donors (Lipinski definition) is 1. The van der Waals surface area contributed by atoms with Crippen molar-refractivity contribution in [2.24, 2.45) is 0 Å². The predicted molar refractivity (Wildman–Crippen MR) is 106 cm³/mol. The molecule has 7 nitrogen and oxygen atoms in total. The number of hydrogen-bond acceptors (Lipinski definition) is 6. The van der Waals surface area contributed by atoms with E-state index in [0.29, 0.717) is 18.0 Å². The molecule has 0 aliphatic rings. The Hall–Kier alpha value is -3.15. The highest BCUT2D eigenvalue weighted by Crippen LogP contribution is 2.27. The number of rotatable bonds is 7. The fourth-order valence-corrected chi connectivity index (χ4v) is 3.83. The van der Waals surface area contributed by atoms with Crippen LogP contribution in [0.2, 0.25) is 0 Å².